The number of unbranched alkanes of at least 4 members (excludes halogenated alkanes) is 1. The van der Waals surface area contributed by atoms with Crippen LogP contribution < -0.4 is 0 Å². The largest absolute Gasteiger partial charge is 0.381 e. The summed E-state index contributed by atoms with van der Waals surface area (Å²) in [6, 6.07) is 0. The second-order valence-electron chi connectivity index (χ2n) is 4.28. The van der Waals surface area contributed by atoms with Gasteiger partial charge in [-0.05, 0) is 24.7 Å². The molecule has 0 bridgehead atoms. The first-order valence-electron chi connectivity index (χ1n) is 5.37. The van der Waals surface area contributed by atoms with Gasteiger partial charge in [0.1, 0.15) is 0 Å². The molecule has 0 radical (unpaired) electrons. The van der Waals surface area contributed by atoms with Gasteiger partial charge in [0, 0.05) is 13.2 Å². The summed E-state index contributed by atoms with van der Waals surface area (Å²) in [5, 5.41) is 0. The second-order valence-corrected chi connectivity index (χ2v) is 4.28. The normalized spacial score (nSPS) is 12.2. The van der Waals surface area contributed by atoms with Crippen molar-refractivity contribution >= 4 is 0 Å². The number of hydrogen-bond donors (Lipinski definition) is 0. The van der Waals surface area contributed by atoms with Crippen molar-refractivity contribution in [2.75, 3.05) is 13.2 Å². The molecule has 1 nitrogen and oxygen atoms in total. The Balaban J connectivity index is 3.08. The van der Waals surface area contributed by atoms with Crippen LogP contribution in [-0.2, 0) is 4.74 Å². The Morgan fingerprint density at radius 3 is 2.38 bits per heavy atom. The Kier molecular flexibility index (Phi) is 8.11. The lowest BCUT2D eigenvalue weighted by molar-refractivity contribution is 0.108. The van der Waals surface area contributed by atoms with E-state index in [0.29, 0.717) is 11.8 Å². The SMILES string of the molecule is CC(C)/C=C/CCCOCC(C)C. The van der Waals surface area contributed by atoms with E-state index in [4.69, 9.17) is 4.74 Å². The Labute approximate surface area is 83.2 Å². The Morgan fingerprint density at radius 2 is 1.85 bits per heavy atom. The van der Waals surface area contributed by atoms with Crippen LogP contribution in [0.2, 0.25) is 0 Å². The summed E-state index contributed by atoms with van der Waals surface area (Å²) in [5.74, 6) is 1.34. The van der Waals surface area contributed by atoms with Gasteiger partial charge in [0.15, 0.2) is 0 Å². The summed E-state index contributed by atoms with van der Waals surface area (Å²) in [5.41, 5.74) is 0. The number of hydrogen-bond acceptors (Lipinski definition) is 1. The molecule has 13 heavy (non-hydrogen) atoms. The van der Waals surface area contributed by atoms with Crippen LogP contribution >= 0.6 is 0 Å². The molecule has 0 aromatic rings. The van der Waals surface area contributed by atoms with Crippen molar-refractivity contribution in [2.24, 2.45) is 11.8 Å². The molecule has 0 aliphatic rings. The highest BCUT2D eigenvalue weighted by Gasteiger charge is 1.92. The van der Waals surface area contributed by atoms with Crippen molar-refractivity contribution in [1.82, 2.24) is 0 Å². The Morgan fingerprint density at radius 1 is 1.15 bits per heavy atom. The van der Waals surface area contributed by atoms with Gasteiger partial charge in [0.05, 0.1) is 0 Å². The van der Waals surface area contributed by atoms with E-state index in [2.05, 4.69) is 39.8 Å². The molecule has 0 aromatic carbocycles. The zero-order valence-corrected chi connectivity index (χ0v) is 9.55. The van der Waals surface area contributed by atoms with Gasteiger partial charge in [-0.1, -0.05) is 39.8 Å². The lowest BCUT2D eigenvalue weighted by Crippen LogP contribution is -2.02. The lowest BCUT2D eigenvalue weighted by Gasteiger charge is -2.05. The van der Waals surface area contributed by atoms with Crippen molar-refractivity contribution in [3.63, 3.8) is 0 Å². The van der Waals surface area contributed by atoms with E-state index in [1.165, 1.54) is 0 Å². The first kappa shape index (κ1) is 12.7. The van der Waals surface area contributed by atoms with Gasteiger partial charge in [0.25, 0.3) is 0 Å². The lowest BCUT2D eigenvalue weighted by atomic mass is 10.2. The van der Waals surface area contributed by atoms with E-state index < -0.39 is 0 Å². The maximum atomic E-state index is 5.47. The second kappa shape index (κ2) is 8.31. The average molecular weight is 184 g/mol. The molecule has 0 N–H and O–H groups in total. The number of allylic oxidation sites excluding steroid dienone is 2. The summed E-state index contributed by atoms with van der Waals surface area (Å²) < 4.78 is 5.47. The van der Waals surface area contributed by atoms with Crippen molar-refractivity contribution in [1.29, 1.82) is 0 Å². The van der Waals surface area contributed by atoms with Crippen molar-refractivity contribution in [3.8, 4) is 0 Å². The van der Waals surface area contributed by atoms with E-state index in [-0.39, 0.29) is 0 Å². The maximum absolute atomic E-state index is 5.47. The third-order valence-corrected chi connectivity index (χ3v) is 1.63. The Bertz CT molecular complexity index is 125. The molecular weight excluding hydrogens is 160 g/mol. The van der Waals surface area contributed by atoms with Crippen molar-refractivity contribution in [2.45, 2.75) is 40.5 Å². The van der Waals surface area contributed by atoms with Crippen LogP contribution in [0.25, 0.3) is 0 Å². The summed E-state index contributed by atoms with van der Waals surface area (Å²) in [4.78, 5) is 0. The van der Waals surface area contributed by atoms with Crippen LogP contribution in [0.4, 0.5) is 0 Å². The van der Waals surface area contributed by atoms with Crippen molar-refractivity contribution < 1.29 is 4.74 Å². The van der Waals surface area contributed by atoms with Crippen LogP contribution in [-0.4, -0.2) is 13.2 Å². The first-order valence-corrected chi connectivity index (χ1v) is 5.37. The zero-order chi connectivity index (χ0) is 10.1. The number of ether oxygens (including phenoxy) is 1. The summed E-state index contributed by atoms with van der Waals surface area (Å²) in [6.07, 6.45) is 6.80. The predicted molar refractivity (Wildman–Crippen MR) is 58.9 cm³/mol. The predicted octanol–water partition coefficient (Wildman–Crippen LogP) is 3.65. The fourth-order valence-electron chi connectivity index (χ4n) is 0.991. The molecule has 0 rings (SSSR count). The van der Waals surface area contributed by atoms with Crippen molar-refractivity contribution in [3.05, 3.63) is 12.2 Å². The maximum Gasteiger partial charge on any atom is 0.0488 e. The van der Waals surface area contributed by atoms with Crippen LogP contribution in [0, 0.1) is 11.8 Å². The van der Waals surface area contributed by atoms with E-state index in [1.54, 1.807) is 0 Å². The van der Waals surface area contributed by atoms with Crippen LogP contribution in [0.3, 0.4) is 0 Å². The van der Waals surface area contributed by atoms with E-state index in [1.807, 2.05) is 0 Å². The van der Waals surface area contributed by atoms with Gasteiger partial charge >= 0.3 is 0 Å². The standard InChI is InChI=1S/C12H24O/c1-11(2)8-6-5-7-9-13-10-12(3)4/h6,8,11-12H,5,7,9-10H2,1-4H3/b8-6+. The van der Waals surface area contributed by atoms with Gasteiger partial charge < -0.3 is 4.74 Å². The molecule has 0 aromatic heterocycles. The molecule has 0 saturated carbocycles. The zero-order valence-electron chi connectivity index (χ0n) is 9.55. The third-order valence-electron chi connectivity index (χ3n) is 1.63. The highest BCUT2D eigenvalue weighted by molar-refractivity contribution is 4.83. The van der Waals surface area contributed by atoms with E-state index in [9.17, 15) is 0 Å². The van der Waals surface area contributed by atoms with E-state index in [0.717, 1.165) is 26.1 Å². The fraction of sp³-hybridized carbons (Fsp3) is 0.833. The fourth-order valence-corrected chi connectivity index (χ4v) is 0.991. The topological polar surface area (TPSA) is 9.23 Å². The molecule has 0 unspecified atom stereocenters. The van der Waals surface area contributed by atoms with Crippen LogP contribution in [0.5, 0.6) is 0 Å². The molecule has 0 heterocycles. The monoisotopic (exact) mass is 184 g/mol. The third kappa shape index (κ3) is 11.7. The summed E-state index contributed by atoms with van der Waals surface area (Å²) in [7, 11) is 0. The summed E-state index contributed by atoms with van der Waals surface area (Å²) in [6.45, 7) is 10.6. The molecular formula is C12H24O. The molecule has 0 saturated heterocycles. The van der Waals surface area contributed by atoms with E-state index >= 15 is 0 Å². The minimum Gasteiger partial charge on any atom is -0.381 e. The van der Waals surface area contributed by atoms with Gasteiger partial charge in [-0.25, -0.2) is 0 Å². The molecule has 0 aliphatic heterocycles. The molecule has 0 amide bonds. The Hall–Kier alpha value is -0.300. The number of rotatable bonds is 7. The highest BCUT2D eigenvalue weighted by atomic mass is 16.5. The molecule has 0 atom stereocenters. The van der Waals surface area contributed by atoms with Gasteiger partial charge in [-0.2, -0.15) is 0 Å². The first-order chi connectivity index (χ1) is 6.13. The van der Waals surface area contributed by atoms with Gasteiger partial charge in [-0.3, -0.25) is 0 Å². The minimum atomic E-state index is 0.659. The van der Waals surface area contributed by atoms with Crippen LogP contribution in [0.15, 0.2) is 12.2 Å². The molecule has 1 heteroatoms. The minimum absolute atomic E-state index is 0.659. The quantitative estimate of drug-likeness (QED) is 0.433. The molecule has 0 aliphatic carbocycles. The van der Waals surface area contributed by atoms with Crippen LogP contribution in [0.1, 0.15) is 40.5 Å². The smallest absolute Gasteiger partial charge is 0.0488 e. The molecule has 0 fully saturated rings. The van der Waals surface area contributed by atoms with Gasteiger partial charge in [-0.15, -0.1) is 0 Å². The highest BCUT2D eigenvalue weighted by Crippen LogP contribution is 1.99. The average Bonchev–Trinajstić information content (AvgIpc) is 2.01. The molecule has 78 valence electrons. The van der Waals surface area contributed by atoms with Gasteiger partial charge in [0.2, 0.25) is 0 Å². The summed E-state index contributed by atoms with van der Waals surface area (Å²) >= 11 is 0. The molecule has 0 spiro atoms.